The molecule has 1 aromatic rings. The van der Waals surface area contributed by atoms with Gasteiger partial charge in [-0.25, -0.2) is 4.39 Å². The molecule has 2 N–H and O–H groups in total. The molecule has 1 saturated carbocycles. The van der Waals surface area contributed by atoms with E-state index in [-0.39, 0.29) is 17.9 Å². The van der Waals surface area contributed by atoms with Crippen LogP contribution in [0.1, 0.15) is 35.2 Å². The summed E-state index contributed by atoms with van der Waals surface area (Å²) in [5.41, 5.74) is 0.617. The molecular formula is C14H16FNO3. The fraction of sp³-hybridized carbons (Fsp3) is 0.429. The first-order valence-electron chi connectivity index (χ1n) is 6.28. The minimum absolute atomic E-state index is 0.142. The lowest BCUT2D eigenvalue weighted by Crippen LogP contribution is -2.33. The lowest BCUT2D eigenvalue weighted by Gasteiger charge is -2.13. The number of hydrogen-bond donors (Lipinski definition) is 2. The number of amides is 1. The average molecular weight is 265 g/mol. The molecule has 2 atom stereocenters. The summed E-state index contributed by atoms with van der Waals surface area (Å²) in [6.45, 7) is 1.55. The Balaban J connectivity index is 2.02. The second kappa shape index (κ2) is 5.38. The maximum absolute atomic E-state index is 13.4. The Morgan fingerprint density at radius 2 is 2.11 bits per heavy atom. The summed E-state index contributed by atoms with van der Waals surface area (Å²) in [5, 5.41) is 11.7. The van der Waals surface area contributed by atoms with Crippen LogP contribution in [0.5, 0.6) is 0 Å². The van der Waals surface area contributed by atoms with E-state index in [9.17, 15) is 14.0 Å². The summed E-state index contributed by atoms with van der Waals surface area (Å²) in [6.07, 6.45) is 1.66. The molecule has 4 nitrogen and oxygen atoms in total. The van der Waals surface area contributed by atoms with Crippen LogP contribution < -0.4 is 5.32 Å². The molecule has 102 valence electrons. The summed E-state index contributed by atoms with van der Waals surface area (Å²) < 4.78 is 13.4. The first kappa shape index (κ1) is 13.5. The maximum Gasteiger partial charge on any atom is 0.306 e. The van der Waals surface area contributed by atoms with Crippen molar-refractivity contribution in [3.8, 4) is 0 Å². The third-order valence-corrected chi connectivity index (χ3v) is 3.63. The van der Waals surface area contributed by atoms with Crippen molar-refractivity contribution in [1.82, 2.24) is 5.32 Å². The highest BCUT2D eigenvalue weighted by Gasteiger charge is 2.30. The van der Waals surface area contributed by atoms with Gasteiger partial charge in [-0.3, -0.25) is 9.59 Å². The maximum atomic E-state index is 13.4. The van der Waals surface area contributed by atoms with Gasteiger partial charge < -0.3 is 10.4 Å². The van der Waals surface area contributed by atoms with E-state index in [0.29, 0.717) is 30.4 Å². The lowest BCUT2D eigenvalue weighted by molar-refractivity contribution is -0.141. The smallest absolute Gasteiger partial charge is 0.306 e. The molecule has 2 rings (SSSR count). The van der Waals surface area contributed by atoms with Crippen molar-refractivity contribution < 1.29 is 19.1 Å². The first-order valence-corrected chi connectivity index (χ1v) is 6.28. The number of rotatable bonds is 3. The van der Waals surface area contributed by atoms with E-state index >= 15 is 0 Å². The van der Waals surface area contributed by atoms with E-state index in [1.54, 1.807) is 13.0 Å². The van der Waals surface area contributed by atoms with Gasteiger partial charge in [-0.15, -0.1) is 0 Å². The highest BCUT2D eigenvalue weighted by Crippen LogP contribution is 2.26. The third kappa shape index (κ3) is 2.92. The van der Waals surface area contributed by atoms with Crippen LogP contribution in [-0.4, -0.2) is 23.0 Å². The van der Waals surface area contributed by atoms with Gasteiger partial charge in [-0.1, -0.05) is 6.07 Å². The normalized spacial score (nSPS) is 22.2. The predicted molar refractivity (Wildman–Crippen MR) is 67.4 cm³/mol. The molecule has 0 bridgehead atoms. The highest BCUT2D eigenvalue weighted by atomic mass is 19.1. The first-order chi connectivity index (χ1) is 8.99. The van der Waals surface area contributed by atoms with Crippen LogP contribution in [-0.2, 0) is 4.79 Å². The van der Waals surface area contributed by atoms with Gasteiger partial charge in [0, 0.05) is 11.6 Å². The summed E-state index contributed by atoms with van der Waals surface area (Å²) >= 11 is 0. The molecule has 0 heterocycles. The molecule has 1 aliphatic carbocycles. The molecule has 1 fully saturated rings. The molecular weight excluding hydrogens is 249 g/mol. The second-order valence-electron chi connectivity index (χ2n) is 4.93. The van der Waals surface area contributed by atoms with Gasteiger partial charge >= 0.3 is 5.97 Å². The Labute approximate surface area is 110 Å². The second-order valence-corrected chi connectivity index (χ2v) is 4.93. The Hall–Kier alpha value is -1.91. The summed E-state index contributed by atoms with van der Waals surface area (Å²) in [5.74, 6) is -1.96. The van der Waals surface area contributed by atoms with Crippen molar-refractivity contribution in [1.29, 1.82) is 0 Å². The summed E-state index contributed by atoms with van der Waals surface area (Å²) in [7, 11) is 0. The monoisotopic (exact) mass is 265 g/mol. The van der Waals surface area contributed by atoms with E-state index < -0.39 is 11.8 Å². The zero-order valence-electron chi connectivity index (χ0n) is 10.6. The van der Waals surface area contributed by atoms with Crippen LogP contribution in [0.3, 0.4) is 0 Å². The van der Waals surface area contributed by atoms with E-state index in [1.165, 1.54) is 12.1 Å². The van der Waals surface area contributed by atoms with Gasteiger partial charge in [0.25, 0.3) is 5.91 Å². The van der Waals surface area contributed by atoms with Gasteiger partial charge in [-0.05, 0) is 43.9 Å². The van der Waals surface area contributed by atoms with Gasteiger partial charge in [0.2, 0.25) is 0 Å². The van der Waals surface area contributed by atoms with Crippen molar-refractivity contribution in [2.45, 2.75) is 32.2 Å². The fourth-order valence-corrected chi connectivity index (χ4v) is 2.45. The molecule has 1 aromatic carbocycles. The third-order valence-electron chi connectivity index (χ3n) is 3.63. The Kier molecular flexibility index (Phi) is 3.83. The van der Waals surface area contributed by atoms with E-state index in [1.807, 2.05) is 0 Å². The number of carbonyl (C=O) groups excluding carboxylic acids is 1. The number of nitrogens with one attached hydrogen (secondary N) is 1. The molecule has 0 radical (unpaired) electrons. The molecule has 0 aliphatic heterocycles. The van der Waals surface area contributed by atoms with Crippen molar-refractivity contribution >= 4 is 11.9 Å². The number of carbonyl (C=O) groups is 2. The largest absolute Gasteiger partial charge is 0.481 e. The predicted octanol–water partition coefficient (Wildman–Crippen LogP) is 2.12. The molecule has 0 spiro atoms. The van der Waals surface area contributed by atoms with Crippen LogP contribution in [0.2, 0.25) is 0 Å². The number of carboxylic acid groups (broad SMARTS) is 1. The van der Waals surface area contributed by atoms with Crippen LogP contribution in [0.15, 0.2) is 18.2 Å². The van der Waals surface area contributed by atoms with Crippen molar-refractivity contribution in [3.63, 3.8) is 0 Å². The van der Waals surface area contributed by atoms with Crippen LogP contribution in [0, 0.1) is 18.7 Å². The van der Waals surface area contributed by atoms with Gasteiger partial charge in [0.05, 0.1) is 5.92 Å². The van der Waals surface area contributed by atoms with Crippen LogP contribution >= 0.6 is 0 Å². The molecule has 1 amide bonds. The molecule has 5 heteroatoms. The standard InChI is InChI=1S/C14H16FNO3/c1-8-11(3-2-4-12(8)15)13(17)16-10-6-5-9(7-10)14(18)19/h2-4,9-10H,5-7H2,1H3,(H,16,17)(H,18,19)/t9-,10+/m1/s1. The van der Waals surface area contributed by atoms with Crippen molar-refractivity contribution in [3.05, 3.63) is 35.1 Å². The average Bonchev–Trinajstić information content (AvgIpc) is 2.81. The quantitative estimate of drug-likeness (QED) is 0.879. The Morgan fingerprint density at radius 1 is 1.37 bits per heavy atom. The minimum Gasteiger partial charge on any atom is -0.481 e. The highest BCUT2D eigenvalue weighted by molar-refractivity contribution is 5.95. The number of carboxylic acids is 1. The fourth-order valence-electron chi connectivity index (χ4n) is 2.45. The number of benzene rings is 1. The zero-order chi connectivity index (χ0) is 14.0. The van der Waals surface area contributed by atoms with E-state index in [0.717, 1.165) is 0 Å². The molecule has 0 aromatic heterocycles. The topological polar surface area (TPSA) is 66.4 Å². The lowest BCUT2D eigenvalue weighted by atomic mass is 10.1. The van der Waals surface area contributed by atoms with Crippen molar-refractivity contribution in [2.75, 3.05) is 0 Å². The van der Waals surface area contributed by atoms with Gasteiger partial charge in [0.15, 0.2) is 0 Å². The summed E-state index contributed by atoms with van der Waals surface area (Å²) in [6, 6.07) is 4.22. The molecule has 19 heavy (non-hydrogen) atoms. The minimum atomic E-state index is -0.821. The van der Waals surface area contributed by atoms with E-state index in [4.69, 9.17) is 5.11 Å². The van der Waals surface area contributed by atoms with Gasteiger partial charge in [0.1, 0.15) is 5.82 Å². The molecule has 1 aliphatic rings. The van der Waals surface area contributed by atoms with Crippen molar-refractivity contribution in [2.24, 2.45) is 5.92 Å². The number of halogens is 1. The van der Waals surface area contributed by atoms with Crippen LogP contribution in [0.4, 0.5) is 4.39 Å². The molecule has 0 unspecified atom stereocenters. The number of hydrogen-bond acceptors (Lipinski definition) is 2. The van der Waals surface area contributed by atoms with Gasteiger partial charge in [-0.2, -0.15) is 0 Å². The Morgan fingerprint density at radius 3 is 2.74 bits per heavy atom. The Bertz CT molecular complexity index is 515. The number of aliphatic carboxylic acids is 1. The zero-order valence-corrected chi connectivity index (χ0v) is 10.6. The molecule has 0 saturated heterocycles. The SMILES string of the molecule is Cc1c(F)cccc1C(=O)N[C@H]1CC[C@@H](C(=O)O)C1. The summed E-state index contributed by atoms with van der Waals surface area (Å²) in [4.78, 5) is 22.9. The van der Waals surface area contributed by atoms with E-state index in [2.05, 4.69) is 5.32 Å². The van der Waals surface area contributed by atoms with Crippen LogP contribution in [0.25, 0.3) is 0 Å².